The molecule has 7 heteroatoms. The summed E-state index contributed by atoms with van der Waals surface area (Å²) < 4.78 is 31.1. The summed E-state index contributed by atoms with van der Waals surface area (Å²) in [5, 5.41) is 0.942. The Balaban J connectivity index is 1.65. The Bertz CT molecular complexity index is 653. The molecule has 1 aromatic carbocycles. The van der Waals surface area contributed by atoms with Gasteiger partial charge in [0.1, 0.15) is 17.5 Å². The Morgan fingerprint density at radius 1 is 1.18 bits per heavy atom. The van der Waals surface area contributed by atoms with Gasteiger partial charge in [-0.05, 0) is 19.9 Å². The standard InChI is InChI=1S/C15H18F2N4S/c1-10(13-4-3-12(16)9-14(13)17)20-5-7-21(8-6-20)15-18-11(2)19-22-15/h3-4,9-10H,5-8H2,1-2H3/t10-/m1/s1. The van der Waals surface area contributed by atoms with Crippen LogP contribution in [0, 0.1) is 18.6 Å². The zero-order valence-corrected chi connectivity index (χ0v) is 13.4. The number of benzene rings is 1. The van der Waals surface area contributed by atoms with Crippen LogP contribution in [0.1, 0.15) is 24.4 Å². The Kier molecular flexibility index (Phi) is 4.35. The molecule has 1 aromatic heterocycles. The first kappa shape index (κ1) is 15.3. The predicted octanol–water partition coefficient (Wildman–Crippen LogP) is 3.01. The third-order valence-electron chi connectivity index (χ3n) is 4.06. The molecule has 0 saturated carbocycles. The van der Waals surface area contributed by atoms with Crippen molar-refractivity contribution in [2.45, 2.75) is 19.9 Å². The second-order valence-electron chi connectivity index (χ2n) is 5.49. The highest BCUT2D eigenvalue weighted by molar-refractivity contribution is 7.09. The fraction of sp³-hybridized carbons (Fsp3) is 0.467. The van der Waals surface area contributed by atoms with Gasteiger partial charge in [-0.15, -0.1) is 0 Å². The number of aryl methyl sites for hydroxylation is 1. The number of anilines is 1. The summed E-state index contributed by atoms with van der Waals surface area (Å²) in [5.74, 6) is -0.219. The van der Waals surface area contributed by atoms with Gasteiger partial charge in [-0.3, -0.25) is 4.90 Å². The zero-order chi connectivity index (χ0) is 15.7. The number of hydrogen-bond donors (Lipinski definition) is 0. The van der Waals surface area contributed by atoms with Crippen LogP contribution in [0.2, 0.25) is 0 Å². The minimum atomic E-state index is -0.537. The lowest BCUT2D eigenvalue weighted by Crippen LogP contribution is -2.47. The Morgan fingerprint density at radius 3 is 2.50 bits per heavy atom. The van der Waals surface area contributed by atoms with Crippen molar-refractivity contribution < 1.29 is 8.78 Å². The topological polar surface area (TPSA) is 32.3 Å². The van der Waals surface area contributed by atoms with Crippen molar-refractivity contribution in [3.05, 3.63) is 41.2 Å². The van der Waals surface area contributed by atoms with E-state index in [0.29, 0.717) is 5.56 Å². The quantitative estimate of drug-likeness (QED) is 0.869. The Morgan fingerprint density at radius 2 is 1.91 bits per heavy atom. The molecule has 1 saturated heterocycles. The van der Waals surface area contributed by atoms with E-state index in [1.807, 2.05) is 13.8 Å². The molecule has 0 amide bonds. The van der Waals surface area contributed by atoms with Crippen molar-refractivity contribution in [1.29, 1.82) is 0 Å². The van der Waals surface area contributed by atoms with E-state index in [0.717, 1.165) is 43.2 Å². The number of hydrogen-bond acceptors (Lipinski definition) is 5. The maximum Gasteiger partial charge on any atom is 0.205 e. The summed E-state index contributed by atoms with van der Waals surface area (Å²) in [6, 6.07) is 3.73. The SMILES string of the molecule is Cc1nsc(N2CCN([C@H](C)c3ccc(F)cc3F)CC2)n1. The average Bonchev–Trinajstić information content (AvgIpc) is 2.93. The maximum atomic E-state index is 13.9. The zero-order valence-electron chi connectivity index (χ0n) is 12.6. The van der Waals surface area contributed by atoms with Gasteiger partial charge >= 0.3 is 0 Å². The van der Waals surface area contributed by atoms with E-state index in [1.54, 1.807) is 0 Å². The first-order chi connectivity index (χ1) is 10.5. The molecule has 0 spiro atoms. The molecular formula is C15H18F2N4S. The van der Waals surface area contributed by atoms with Gasteiger partial charge in [-0.1, -0.05) is 6.07 Å². The van der Waals surface area contributed by atoms with Crippen molar-refractivity contribution >= 4 is 16.7 Å². The summed E-state index contributed by atoms with van der Waals surface area (Å²) in [4.78, 5) is 8.81. The molecule has 1 aliphatic heterocycles. The number of piperazine rings is 1. The van der Waals surface area contributed by atoms with Crippen LogP contribution in [0.4, 0.5) is 13.9 Å². The van der Waals surface area contributed by atoms with Crippen LogP contribution >= 0.6 is 11.5 Å². The first-order valence-corrected chi connectivity index (χ1v) is 8.06. The highest BCUT2D eigenvalue weighted by atomic mass is 32.1. The second kappa shape index (κ2) is 6.26. The lowest BCUT2D eigenvalue weighted by atomic mass is 10.1. The Labute approximate surface area is 132 Å². The van der Waals surface area contributed by atoms with Crippen molar-refractivity contribution in [3.63, 3.8) is 0 Å². The van der Waals surface area contributed by atoms with Crippen LogP contribution in [-0.4, -0.2) is 40.4 Å². The molecular weight excluding hydrogens is 306 g/mol. The van der Waals surface area contributed by atoms with Crippen LogP contribution in [0.15, 0.2) is 18.2 Å². The van der Waals surface area contributed by atoms with E-state index < -0.39 is 11.6 Å². The van der Waals surface area contributed by atoms with Crippen molar-refractivity contribution in [3.8, 4) is 0 Å². The highest BCUT2D eigenvalue weighted by Gasteiger charge is 2.25. The number of rotatable bonds is 3. The average molecular weight is 324 g/mol. The number of aromatic nitrogens is 2. The van der Waals surface area contributed by atoms with E-state index in [2.05, 4.69) is 19.2 Å². The van der Waals surface area contributed by atoms with E-state index >= 15 is 0 Å². The molecule has 22 heavy (non-hydrogen) atoms. The molecule has 1 atom stereocenters. The summed E-state index contributed by atoms with van der Waals surface area (Å²) in [7, 11) is 0. The number of nitrogens with zero attached hydrogens (tertiary/aromatic N) is 4. The molecule has 0 N–H and O–H groups in total. The minimum Gasteiger partial charge on any atom is -0.344 e. The van der Waals surface area contributed by atoms with Crippen molar-refractivity contribution in [1.82, 2.24) is 14.3 Å². The van der Waals surface area contributed by atoms with Gasteiger partial charge < -0.3 is 4.90 Å². The molecule has 3 rings (SSSR count). The summed E-state index contributed by atoms with van der Waals surface area (Å²) in [5.41, 5.74) is 0.543. The predicted molar refractivity (Wildman–Crippen MR) is 83.2 cm³/mol. The van der Waals surface area contributed by atoms with Crippen LogP contribution in [-0.2, 0) is 0 Å². The molecule has 0 radical (unpaired) electrons. The molecule has 4 nitrogen and oxygen atoms in total. The third-order valence-corrected chi connectivity index (χ3v) is 4.93. The first-order valence-electron chi connectivity index (χ1n) is 7.29. The van der Waals surface area contributed by atoms with Crippen LogP contribution in [0.5, 0.6) is 0 Å². The maximum absolute atomic E-state index is 13.9. The van der Waals surface area contributed by atoms with Crippen LogP contribution in [0.25, 0.3) is 0 Å². The molecule has 0 unspecified atom stereocenters. The fourth-order valence-corrected chi connectivity index (χ4v) is 3.48. The molecule has 118 valence electrons. The normalized spacial score (nSPS) is 17.7. The van der Waals surface area contributed by atoms with E-state index in [9.17, 15) is 8.78 Å². The molecule has 0 aliphatic carbocycles. The Hall–Kier alpha value is -1.60. The lowest BCUT2D eigenvalue weighted by molar-refractivity contribution is 0.195. The monoisotopic (exact) mass is 324 g/mol. The van der Waals surface area contributed by atoms with Crippen molar-refractivity contribution in [2.75, 3.05) is 31.1 Å². The van der Waals surface area contributed by atoms with Crippen LogP contribution < -0.4 is 4.90 Å². The lowest BCUT2D eigenvalue weighted by Gasteiger charge is -2.38. The summed E-state index contributed by atoms with van der Waals surface area (Å²) in [6.07, 6.45) is 0. The molecule has 0 bridgehead atoms. The summed E-state index contributed by atoms with van der Waals surface area (Å²) >= 11 is 1.41. The smallest absolute Gasteiger partial charge is 0.205 e. The molecule has 2 aromatic rings. The largest absolute Gasteiger partial charge is 0.344 e. The number of halogens is 2. The van der Waals surface area contributed by atoms with Crippen molar-refractivity contribution in [2.24, 2.45) is 0 Å². The highest BCUT2D eigenvalue weighted by Crippen LogP contribution is 2.26. The minimum absolute atomic E-state index is 0.0705. The van der Waals surface area contributed by atoms with Gasteiger partial charge in [0.2, 0.25) is 5.13 Å². The van der Waals surface area contributed by atoms with Gasteiger partial charge in [-0.2, -0.15) is 4.37 Å². The molecule has 1 aliphatic rings. The van der Waals surface area contributed by atoms with Gasteiger partial charge in [0, 0.05) is 55.4 Å². The molecule has 1 fully saturated rings. The second-order valence-corrected chi connectivity index (χ2v) is 6.22. The van der Waals surface area contributed by atoms with E-state index in [-0.39, 0.29) is 6.04 Å². The van der Waals surface area contributed by atoms with Gasteiger partial charge in [0.15, 0.2) is 0 Å². The van der Waals surface area contributed by atoms with Gasteiger partial charge in [-0.25, -0.2) is 13.8 Å². The van der Waals surface area contributed by atoms with Gasteiger partial charge in [0.25, 0.3) is 0 Å². The summed E-state index contributed by atoms with van der Waals surface area (Å²) in [6.45, 7) is 7.15. The van der Waals surface area contributed by atoms with E-state index in [4.69, 9.17) is 0 Å². The van der Waals surface area contributed by atoms with Gasteiger partial charge in [0.05, 0.1) is 0 Å². The molecule has 2 heterocycles. The van der Waals surface area contributed by atoms with Crippen LogP contribution in [0.3, 0.4) is 0 Å². The van der Waals surface area contributed by atoms with E-state index in [1.165, 1.54) is 23.7 Å². The fourth-order valence-electron chi connectivity index (χ4n) is 2.75. The third kappa shape index (κ3) is 3.10.